The number of nitrogens with zero attached hydrogens (tertiary/aromatic N) is 2. The molecular formula is C19H12N2O. The first-order chi connectivity index (χ1) is 10.9. The van der Waals surface area contributed by atoms with Crippen molar-refractivity contribution < 1.29 is 4.74 Å². The van der Waals surface area contributed by atoms with Crippen LogP contribution < -0.4 is 4.74 Å². The number of hydrogen-bond acceptors (Lipinski definition) is 3. The molecule has 22 heavy (non-hydrogen) atoms. The van der Waals surface area contributed by atoms with E-state index in [1.54, 1.807) is 6.20 Å². The van der Waals surface area contributed by atoms with Gasteiger partial charge in [-0.25, -0.2) is 9.97 Å². The molecule has 2 aromatic carbocycles. The van der Waals surface area contributed by atoms with Gasteiger partial charge in [0.2, 0.25) is 0 Å². The average molecular weight is 284 g/mol. The molecule has 0 saturated carbocycles. The van der Waals surface area contributed by atoms with Gasteiger partial charge in [0, 0.05) is 29.0 Å². The van der Waals surface area contributed by atoms with Crippen LogP contribution in [0.4, 0.5) is 0 Å². The molecule has 0 aliphatic carbocycles. The van der Waals surface area contributed by atoms with Gasteiger partial charge in [0.15, 0.2) is 5.65 Å². The topological polar surface area (TPSA) is 35.0 Å². The van der Waals surface area contributed by atoms with E-state index in [-0.39, 0.29) is 0 Å². The summed E-state index contributed by atoms with van der Waals surface area (Å²) in [6.45, 7) is 0. The fraction of sp³-hybridized carbons (Fsp3) is 0.0526. The molecule has 104 valence electrons. The summed E-state index contributed by atoms with van der Waals surface area (Å²) in [5, 5.41) is 3.35. The highest BCUT2D eigenvalue weighted by molar-refractivity contribution is 5.90. The summed E-state index contributed by atoms with van der Waals surface area (Å²) in [7, 11) is 0. The monoisotopic (exact) mass is 284 g/mol. The predicted molar refractivity (Wildman–Crippen MR) is 86.4 cm³/mol. The van der Waals surface area contributed by atoms with E-state index in [4.69, 9.17) is 4.74 Å². The van der Waals surface area contributed by atoms with Crippen molar-refractivity contribution in [3.05, 3.63) is 72.1 Å². The number of benzene rings is 2. The van der Waals surface area contributed by atoms with Gasteiger partial charge < -0.3 is 4.74 Å². The molecule has 5 rings (SSSR count). The normalized spacial score (nSPS) is 12.7. The SMILES string of the molecule is c1cnc2nc3c(cc2c1)Oc1c(ccc2ccccc12)C3. The summed E-state index contributed by atoms with van der Waals surface area (Å²) in [6, 6.07) is 18.5. The van der Waals surface area contributed by atoms with E-state index in [9.17, 15) is 0 Å². The number of ether oxygens (including phenoxy) is 1. The summed E-state index contributed by atoms with van der Waals surface area (Å²) >= 11 is 0. The van der Waals surface area contributed by atoms with Crippen LogP contribution in [0.2, 0.25) is 0 Å². The molecule has 3 nitrogen and oxygen atoms in total. The van der Waals surface area contributed by atoms with E-state index in [0.717, 1.165) is 40.0 Å². The highest BCUT2D eigenvalue weighted by atomic mass is 16.5. The molecule has 0 amide bonds. The number of rotatable bonds is 0. The molecular weight excluding hydrogens is 272 g/mol. The van der Waals surface area contributed by atoms with Crippen molar-refractivity contribution in [1.82, 2.24) is 9.97 Å². The third-order valence-corrected chi connectivity index (χ3v) is 4.16. The zero-order valence-electron chi connectivity index (χ0n) is 11.8. The van der Waals surface area contributed by atoms with E-state index < -0.39 is 0 Å². The molecule has 0 saturated heterocycles. The molecule has 0 unspecified atom stereocenters. The minimum atomic E-state index is 0.772. The molecule has 0 fully saturated rings. The third kappa shape index (κ3) is 1.62. The molecule has 0 atom stereocenters. The van der Waals surface area contributed by atoms with E-state index >= 15 is 0 Å². The lowest BCUT2D eigenvalue weighted by atomic mass is 9.99. The zero-order chi connectivity index (χ0) is 14.5. The molecule has 0 radical (unpaired) electrons. The lowest BCUT2D eigenvalue weighted by molar-refractivity contribution is 0.462. The van der Waals surface area contributed by atoms with Crippen LogP contribution in [0.15, 0.2) is 60.8 Å². The predicted octanol–water partition coefficient (Wildman–Crippen LogP) is 4.48. The largest absolute Gasteiger partial charge is 0.454 e. The van der Waals surface area contributed by atoms with Crippen LogP contribution in [0.1, 0.15) is 11.3 Å². The van der Waals surface area contributed by atoms with Crippen molar-refractivity contribution in [2.24, 2.45) is 0 Å². The van der Waals surface area contributed by atoms with Crippen LogP contribution in [0, 0.1) is 0 Å². The maximum absolute atomic E-state index is 6.21. The van der Waals surface area contributed by atoms with Gasteiger partial charge in [-0.2, -0.15) is 0 Å². The van der Waals surface area contributed by atoms with Crippen molar-refractivity contribution >= 4 is 21.8 Å². The number of pyridine rings is 2. The van der Waals surface area contributed by atoms with E-state index in [0.29, 0.717) is 0 Å². The van der Waals surface area contributed by atoms with Crippen LogP contribution >= 0.6 is 0 Å². The van der Waals surface area contributed by atoms with E-state index in [1.807, 2.05) is 30.3 Å². The Balaban J connectivity index is 1.75. The fourth-order valence-electron chi connectivity index (χ4n) is 3.08. The Kier molecular flexibility index (Phi) is 2.27. The Morgan fingerprint density at radius 2 is 1.82 bits per heavy atom. The van der Waals surface area contributed by atoms with Gasteiger partial charge in [0.25, 0.3) is 0 Å². The molecule has 2 aromatic heterocycles. The standard InChI is InChI=1S/C19H12N2O/c1-2-6-15-12(4-1)7-8-13-10-16-17(22-18(13)15)11-14-5-3-9-20-19(14)21-16/h1-9,11H,10H2. The number of hydrogen-bond donors (Lipinski definition) is 0. The van der Waals surface area contributed by atoms with Gasteiger partial charge in [-0.05, 0) is 23.6 Å². The summed E-state index contributed by atoms with van der Waals surface area (Å²) in [6.07, 6.45) is 2.55. The van der Waals surface area contributed by atoms with Crippen LogP contribution in [0.25, 0.3) is 21.8 Å². The van der Waals surface area contributed by atoms with Crippen LogP contribution in [-0.2, 0) is 6.42 Å². The molecule has 4 aromatic rings. The highest BCUT2D eigenvalue weighted by Gasteiger charge is 2.21. The maximum atomic E-state index is 6.21. The molecule has 0 bridgehead atoms. The molecule has 0 spiro atoms. The Morgan fingerprint density at radius 1 is 0.909 bits per heavy atom. The van der Waals surface area contributed by atoms with E-state index in [2.05, 4.69) is 34.2 Å². The first-order valence-corrected chi connectivity index (χ1v) is 7.32. The summed E-state index contributed by atoms with van der Waals surface area (Å²) in [4.78, 5) is 8.99. The Hall–Kier alpha value is -2.94. The zero-order valence-corrected chi connectivity index (χ0v) is 11.8. The lowest BCUT2D eigenvalue weighted by Crippen LogP contribution is -2.06. The fourth-order valence-corrected chi connectivity index (χ4v) is 3.08. The lowest BCUT2D eigenvalue weighted by Gasteiger charge is -2.21. The molecule has 3 heteroatoms. The molecule has 3 heterocycles. The van der Waals surface area contributed by atoms with Crippen molar-refractivity contribution in [3.8, 4) is 11.5 Å². The number of fused-ring (bicyclic) bond motifs is 5. The van der Waals surface area contributed by atoms with Crippen molar-refractivity contribution in [2.45, 2.75) is 6.42 Å². The minimum Gasteiger partial charge on any atom is -0.454 e. The van der Waals surface area contributed by atoms with Crippen molar-refractivity contribution in [2.75, 3.05) is 0 Å². The van der Waals surface area contributed by atoms with Gasteiger partial charge in [-0.15, -0.1) is 0 Å². The van der Waals surface area contributed by atoms with Gasteiger partial charge in [-0.3, -0.25) is 0 Å². The molecule has 1 aliphatic rings. The second kappa shape index (κ2) is 4.28. The van der Waals surface area contributed by atoms with Gasteiger partial charge >= 0.3 is 0 Å². The highest BCUT2D eigenvalue weighted by Crippen LogP contribution is 2.41. The first kappa shape index (κ1) is 11.7. The summed E-state index contributed by atoms with van der Waals surface area (Å²) < 4.78 is 6.21. The Morgan fingerprint density at radius 3 is 2.82 bits per heavy atom. The average Bonchev–Trinajstić information content (AvgIpc) is 2.58. The summed E-state index contributed by atoms with van der Waals surface area (Å²) in [5.74, 6) is 1.79. The van der Waals surface area contributed by atoms with Crippen LogP contribution in [-0.4, -0.2) is 9.97 Å². The second-order valence-corrected chi connectivity index (χ2v) is 5.54. The number of aromatic nitrogens is 2. The molecule has 0 N–H and O–H groups in total. The quantitative estimate of drug-likeness (QED) is 0.420. The van der Waals surface area contributed by atoms with Crippen molar-refractivity contribution in [1.29, 1.82) is 0 Å². The second-order valence-electron chi connectivity index (χ2n) is 5.54. The van der Waals surface area contributed by atoms with Gasteiger partial charge in [0.1, 0.15) is 11.5 Å². The summed E-state index contributed by atoms with van der Waals surface area (Å²) in [5.41, 5.74) is 2.90. The molecule has 1 aliphatic heterocycles. The van der Waals surface area contributed by atoms with E-state index in [1.165, 1.54) is 10.9 Å². The Bertz CT molecular complexity index is 1030. The van der Waals surface area contributed by atoms with Gasteiger partial charge in [0.05, 0.1) is 5.69 Å². The van der Waals surface area contributed by atoms with Crippen LogP contribution in [0.3, 0.4) is 0 Å². The first-order valence-electron chi connectivity index (χ1n) is 7.32. The minimum absolute atomic E-state index is 0.772. The van der Waals surface area contributed by atoms with Crippen molar-refractivity contribution in [3.63, 3.8) is 0 Å². The third-order valence-electron chi connectivity index (χ3n) is 4.16. The maximum Gasteiger partial charge on any atom is 0.159 e. The van der Waals surface area contributed by atoms with Crippen LogP contribution in [0.5, 0.6) is 11.5 Å². The smallest absolute Gasteiger partial charge is 0.159 e. The van der Waals surface area contributed by atoms with Gasteiger partial charge in [-0.1, -0.05) is 36.4 Å². The Labute approximate surface area is 127 Å².